The van der Waals surface area contributed by atoms with Crippen LogP contribution in [0.2, 0.25) is 0 Å². The molecule has 2 aromatic carbocycles. The second-order valence-corrected chi connectivity index (χ2v) is 6.73. The van der Waals surface area contributed by atoms with Gasteiger partial charge >= 0.3 is 5.97 Å². The molecule has 1 aliphatic rings. The van der Waals surface area contributed by atoms with Gasteiger partial charge in [0, 0.05) is 24.5 Å². The molecule has 0 atom stereocenters. The fraction of sp³-hybridized carbons (Fsp3) is 0.261. The van der Waals surface area contributed by atoms with Gasteiger partial charge in [-0.25, -0.2) is 9.29 Å². The summed E-state index contributed by atoms with van der Waals surface area (Å²) in [5.74, 6) is -1.59. The number of ether oxygens (including phenoxy) is 2. The summed E-state index contributed by atoms with van der Waals surface area (Å²) in [5, 5.41) is 0. The molecule has 30 heavy (non-hydrogen) atoms. The number of hydrogen-bond acceptors (Lipinski definition) is 5. The van der Waals surface area contributed by atoms with E-state index in [2.05, 4.69) is 0 Å². The van der Waals surface area contributed by atoms with E-state index in [1.54, 1.807) is 19.1 Å². The number of halogens is 1. The van der Waals surface area contributed by atoms with Crippen molar-refractivity contribution >= 4 is 34.8 Å². The number of carbonyl (C=O) groups excluding carboxylic acids is 3. The van der Waals surface area contributed by atoms with Crippen LogP contribution in [-0.2, 0) is 30.3 Å². The van der Waals surface area contributed by atoms with E-state index in [0.717, 1.165) is 16.5 Å². The summed E-state index contributed by atoms with van der Waals surface area (Å²) in [6.45, 7) is 3.36. The zero-order chi connectivity index (χ0) is 21.8. The summed E-state index contributed by atoms with van der Waals surface area (Å²) < 4.78 is 24.2. The minimum absolute atomic E-state index is 0.196. The predicted octanol–water partition coefficient (Wildman–Crippen LogP) is 3.73. The van der Waals surface area contributed by atoms with E-state index >= 15 is 0 Å². The summed E-state index contributed by atoms with van der Waals surface area (Å²) in [7, 11) is 1.43. The molecule has 0 N–H and O–H groups in total. The number of carbonyl (C=O) groups is 3. The van der Waals surface area contributed by atoms with Gasteiger partial charge in [-0.15, -0.1) is 0 Å². The Morgan fingerprint density at radius 3 is 2.40 bits per heavy atom. The first-order valence-electron chi connectivity index (χ1n) is 9.55. The highest BCUT2D eigenvalue weighted by molar-refractivity contribution is 6.42. The van der Waals surface area contributed by atoms with Crippen LogP contribution in [-0.4, -0.2) is 31.5 Å². The Balaban J connectivity index is 1.97. The molecule has 156 valence electrons. The summed E-state index contributed by atoms with van der Waals surface area (Å²) in [6.07, 6.45) is 0.799. The van der Waals surface area contributed by atoms with Gasteiger partial charge in [0.25, 0.3) is 5.91 Å². The summed E-state index contributed by atoms with van der Waals surface area (Å²) >= 11 is 0. The van der Waals surface area contributed by atoms with Crippen LogP contribution < -0.4 is 4.90 Å². The number of methoxy groups -OCH3 is 1. The minimum Gasteiger partial charge on any atom is -0.495 e. The molecule has 1 aliphatic heterocycles. The van der Waals surface area contributed by atoms with Crippen molar-refractivity contribution in [2.75, 3.05) is 18.6 Å². The van der Waals surface area contributed by atoms with Crippen LogP contribution in [0.15, 0.2) is 42.5 Å². The van der Waals surface area contributed by atoms with Crippen LogP contribution in [0.4, 0.5) is 10.1 Å². The summed E-state index contributed by atoms with van der Waals surface area (Å²) in [4.78, 5) is 37.5. The average Bonchev–Trinajstić information content (AvgIpc) is 2.99. The van der Waals surface area contributed by atoms with E-state index in [-0.39, 0.29) is 29.4 Å². The molecule has 0 aliphatic carbocycles. The zero-order valence-corrected chi connectivity index (χ0v) is 17.0. The molecule has 0 fully saturated rings. The Kier molecular flexibility index (Phi) is 6.30. The second kappa shape index (κ2) is 8.90. The maximum Gasteiger partial charge on any atom is 0.306 e. The third-order valence-electron chi connectivity index (χ3n) is 4.77. The van der Waals surface area contributed by atoms with Crippen LogP contribution in [0.1, 0.15) is 37.0 Å². The first-order valence-corrected chi connectivity index (χ1v) is 9.55. The molecule has 0 spiro atoms. The first-order chi connectivity index (χ1) is 14.4. The van der Waals surface area contributed by atoms with Crippen molar-refractivity contribution in [3.8, 4) is 0 Å². The lowest BCUT2D eigenvalue weighted by atomic mass is 10.00. The van der Waals surface area contributed by atoms with Gasteiger partial charge in [-0.2, -0.15) is 0 Å². The van der Waals surface area contributed by atoms with E-state index < -0.39 is 17.6 Å². The van der Waals surface area contributed by atoms with E-state index in [9.17, 15) is 18.8 Å². The molecule has 0 saturated carbocycles. The fourth-order valence-electron chi connectivity index (χ4n) is 3.44. The van der Waals surface area contributed by atoms with Gasteiger partial charge in [0.1, 0.15) is 11.6 Å². The first kappa shape index (κ1) is 21.2. The molecule has 6 nitrogen and oxygen atoms in total. The van der Waals surface area contributed by atoms with E-state index in [1.165, 1.54) is 26.2 Å². The molecular formula is C23H22FNO5. The number of nitrogens with zero attached hydrogens (tertiary/aromatic N) is 1. The van der Waals surface area contributed by atoms with Crippen molar-refractivity contribution < 1.29 is 28.2 Å². The second-order valence-electron chi connectivity index (χ2n) is 6.73. The van der Waals surface area contributed by atoms with Crippen LogP contribution >= 0.6 is 0 Å². The number of aryl methyl sites for hydroxylation is 1. The lowest BCUT2D eigenvalue weighted by molar-refractivity contribution is -0.143. The third-order valence-corrected chi connectivity index (χ3v) is 4.77. The monoisotopic (exact) mass is 411 g/mol. The van der Waals surface area contributed by atoms with Gasteiger partial charge in [-0.1, -0.05) is 24.3 Å². The maximum atomic E-state index is 13.8. The molecule has 3 rings (SSSR count). The quantitative estimate of drug-likeness (QED) is 0.411. The SMILES string of the molecule is CCOC(=O)CCc1ccc(/C(OC)=C2\C(=O)N(C(C)=O)c3cc(F)ccc32)cc1. The minimum atomic E-state index is -0.564. The van der Waals surface area contributed by atoms with E-state index in [0.29, 0.717) is 24.2 Å². The Bertz CT molecular complexity index is 1030. The number of anilines is 1. The largest absolute Gasteiger partial charge is 0.495 e. The number of benzene rings is 2. The highest BCUT2D eigenvalue weighted by Crippen LogP contribution is 2.41. The van der Waals surface area contributed by atoms with Gasteiger partial charge in [0.15, 0.2) is 0 Å². The van der Waals surface area contributed by atoms with Crippen molar-refractivity contribution in [3.63, 3.8) is 0 Å². The van der Waals surface area contributed by atoms with Crippen molar-refractivity contribution in [1.29, 1.82) is 0 Å². The molecule has 2 amide bonds. The highest BCUT2D eigenvalue weighted by atomic mass is 19.1. The number of amides is 2. The zero-order valence-electron chi connectivity index (χ0n) is 17.0. The Labute approximate surface area is 173 Å². The van der Waals surface area contributed by atoms with Crippen molar-refractivity contribution in [2.24, 2.45) is 0 Å². The summed E-state index contributed by atoms with van der Waals surface area (Å²) in [6, 6.07) is 11.1. The number of imide groups is 1. The van der Waals surface area contributed by atoms with Crippen molar-refractivity contribution in [2.45, 2.75) is 26.7 Å². The molecule has 0 unspecified atom stereocenters. The fourth-order valence-corrected chi connectivity index (χ4v) is 3.44. The number of rotatable bonds is 6. The topological polar surface area (TPSA) is 72.9 Å². The van der Waals surface area contributed by atoms with Crippen molar-refractivity contribution in [3.05, 3.63) is 65.0 Å². The Morgan fingerprint density at radius 1 is 1.10 bits per heavy atom. The van der Waals surface area contributed by atoms with Gasteiger partial charge in [0.05, 0.1) is 25.0 Å². The highest BCUT2D eigenvalue weighted by Gasteiger charge is 2.38. The molecular weight excluding hydrogens is 389 g/mol. The van der Waals surface area contributed by atoms with E-state index in [4.69, 9.17) is 9.47 Å². The molecule has 7 heteroatoms. The maximum absolute atomic E-state index is 13.8. The lowest BCUT2D eigenvalue weighted by Crippen LogP contribution is -2.31. The predicted molar refractivity (Wildman–Crippen MR) is 110 cm³/mol. The summed E-state index contributed by atoms with van der Waals surface area (Å²) in [5.41, 5.74) is 2.38. The normalized spacial score (nSPS) is 14.4. The van der Waals surface area contributed by atoms with E-state index in [1.807, 2.05) is 12.1 Å². The standard InChI is InChI=1S/C23H22FNO5/c1-4-30-20(27)12-7-15-5-8-16(9-6-15)22(29-3)21-18-11-10-17(24)13-19(18)25(14(2)26)23(21)28/h5-6,8-11,13H,4,7,12H2,1-3H3/b22-21+. The Hall–Kier alpha value is -3.48. The smallest absolute Gasteiger partial charge is 0.306 e. The van der Waals surface area contributed by atoms with Crippen molar-refractivity contribution in [1.82, 2.24) is 0 Å². The average molecular weight is 411 g/mol. The van der Waals surface area contributed by atoms with Gasteiger partial charge < -0.3 is 9.47 Å². The molecule has 2 aromatic rings. The van der Waals surface area contributed by atoms with Gasteiger partial charge in [-0.3, -0.25) is 14.4 Å². The third kappa shape index (κ3) is 4.10. The molecule has 1 heterocycles. The van der Waals surface area contributed by atoms with Crippen LogP contribution in [0.3, 0.4) is 0 Å². The van der Waals surface area contributed by atoms with Crippen LogP contribution in [0, 0.1) is 5.82 Å². The van der Waals surface area contributed by atoms with Crippen LogP contribution in [0.25, 0.3) is 11.3 Å². The number of esters is 1. The molecule has 0 bridgehead atoms. The van der Waals surface area contributed by atoms with Gasteiger partial charge in [-0.05, 0) is 37.1 Å². The Morgan fingerprint density at radius 2 is 1.80 bits per heavy atom. The number of fused-ring (bicyclic) bond motifs is 1. The number of hydrogen-bond donors (Lipinski definition) is 0. The molecule has 0 radical (unpaired) electrons. The molecule has 0 saturated heterocycles. The molecule has 0 aromatic heterocycles. The lowest BCUT2D eigenvalue weighted by Gasteiger charge is -2.13. The van der Waals surface area contributed by atoms with Crippen LogP contribution in [0.5, 0.6) is 0 Å². The van der Waals surface area contributed by atoms with Gasteiger partial charge in [0.2, 0.25) is 5.91 Å².